The van der Waals surface area contributed by atoms with E-state index in [9.17, 15) is 9.59 Å². The number of nitrogens with zero attached hydrogens (tertiary/aromatic N) is 1. The van der Waals surface area contributed by atoms with Crippen LogP contribution >= 0.6 is 0 Å². The first-order valence-corrected chi connectivity index (χ1v) is 6.33. The average Bonchev–Trinajstić information content (AvgIpc) is 3.12. The third-order valence-corrected chi connectivity index (χ3v) is 3.29. The molecule has 2 rings (SSSR count). The van der Waals surface area contributed by atoms with Crippen molar-refractivity contribution < 1.29 is 14.3 Å². The lowest BCUT2D eigenvalue weighted by Gasteiger charge is -2.34. The smallest absolute Gasteiger partial charge is 0.303 e. The molecule has 1 saturated heterocycles. The molecule has 0 aromatic carbocycles. The van der Waals surface area contributed by atoms with E-state index in [1.165, 1.54) is 6.92 Å². The fraction of sp³-hybridized carbons (Fsp3) is 0.833. The fourth-order valence-corrected chi connectivity index (χ4v) is 2.37. The molecule has 0 radical (unpaired) electrons. The van der Waals surface area contributed by atoms with Crippen LogP contribution in [0.3, 0.4) is 0 Å². The molecular weight excluding hydrogens is 220 g/mol. The van der Waals surface area contributed by atoms with Gasteiger partial charge in [-0.15, -0.1) is 0 Å². The molecule has 1 amide bonds. The number of esters is 1. The van der Waals surface area contributed by atoms with E-state index in [0.29, 0.717) is 6.04 Å². The van der Waals surface area contributed by atoms with Gasteiger partial charge in [0, 0.05) is 25.6 Å². The summed E-state index contributed by atoms with van der Waals surface area (Å²) in [6.07, 6.45) is 4.33. The number of nitrogens with one attached hydrogen (secondary N) is 1. The molecule has 0 unspecified atom stereocenters. The predicted molar refractivity (Wildman–Crippen MR) is 62.4 cm³/mol. The minimum absolute atomic E-state index is 0.0450. The van der Waals surface area contributed by atoms with Crippen molar-refractivity contribution in [3.05, 3.63) is 0 Å². The second kappa shape index (κ2) is 5.49. The monoisotopic (exact) mass is 240 g/mol. The van der Waals surface area contributed by atoms with Gasteiger partial charge in [0.15, 0.2) is 6.61 Å². The maximum absolute atomic E-state index is 12.0. The Morgan fingerprint density at radius 1 is 1.29 bits per heavy atom. The highest BCUT2D eigenvalue weighted by atomic mass is 16.5. The number of amides is 1. The lowest BCUT2D eigenvalue weighted by molar-refractivity contribution is -0.151. The van der Waals surface area contributed by atoms with Crippen molar-refractivity contribution in [1.82, 2.24) is 10.2 Å². The standard InChI is InChI=1S/C12H20N2O3/c1-9(15)17-8-12(16)14(10-4-5-10)11-3-2-6-13-7-11/h10-11,13H,2-8H2,1H3/t11-/m1/s1. The molecule has 2 fully saturated rings. The number of piperidine rings is 1. The molecule has 1 aliphatic heterocycles. The molecule has 1 saturated carbocycles. The summed E-state index contributed by atoms with van der Waals surface area (Å²) in [6.45, 7) is 3.12. The molecule has 96 valence electrons. The van der Waals surface area contributed by atoms with Crippen molar-refractivity contribution in [2.75, 3.05) is 19.7 Å². The van der Waals surface area contributed by atoms with Crippen molar-refractivity contribution in [3.63, 3.8) is 0 Å². The highest BCUT2D eigenvalue weighted by molar-refractivity contribution is 5.81. The van der Waals surface area contributed by atoms with Gasteiger partial charge in [-0.1, -0.05) is 0 Å². The van der Waals surface area contributed by atoms with Crippen molar-refractivity contribution in [2.45, 2.75) is 44.7 Å². The second-order valence-electron chi connectivity index (χ2n) is 4.81. The average molecular weight is 240 g/mol. The zero-order chi connectivity index (χ0) is 12.3. The Labute approximate surface area is 101 Å². The number of hydrogen-bond donors (Lipinski definition) is 1. The topological polar surface area (TPSA) is 58.6 Å². The van der Waals surface area contributed by atoms with E-state index in [4.69, 9.17) is 4.74 Å². The summed E-state index contributed by atoms with van der Waals surface area (Å²) in [5.41, 5.74) is 0. The molecular formula is C12H20N2O3. The first kappa shape index (κ1) is 12.4. The van der Waals surface area contributed by atoms with E-state index in [0.717, 1.165) is 38.8 Å². The number of rotatable bonds is 4. The molecule has 1 aliphatic carbocycles. The van der Waals surface area contributed by atoms with Crippen molar-refractivity contribution in [1.29, 1.82) is 0 Å². The van der Waals surface area contributed by atoms with Gasteiger partial charge >= 0.3 is 5.97 Å². The van der Waals surface area contributed by atoms with Crippen molar-refractivity contribution in [3.8, 4) is 0 Å². The Balaban J connectivity index is 1.91. The Bertz CT molecular complexity index is 296. The van der Waals surface area contributed by atoms with Crippen LogP contribution < -0.4 is 5.32 Å². The first-order chi connectivity index (χ1) is 8.18. The zero-order valence-electron chi connectivity index (χ0n) is 10.3. The highest BCUT2D eigenvalue weighted by Crippen LogP contribution is 2.30. The third kappa shape index (κ3) is 3.43. The summed E-state index contributed by atoms with van der Waals surface area (Å²) >= 11 is 0. The van der Waals surface area contributed by atoms with E-state index in [1.807, 2.05) is 4.90 Å². The Morgan fingerprint density at radius 2 is 2.06 bits per heavy atom. The van der Waals surface area contributed by atoms with E-state index in [1.54, 1.807) is 0 Å². The molecule has 17 heavy (non-hydrogen) atoms. The van der Waals surface area contributed by atoms with Gasteiger partial charge in [-0.2, -0.15) is 0 Å². The Morgan fingerprint density at radius 3 is 2.59 bits per heavy atom. The molecule has 1 N–H and O–H groups in total. The predicted octanol–water partition coefficient (Wildman–Crippen LogP) is 0.293. The minimum atomic E-state index is -0.393. The fourth-order valence-electron chi connectivity index (χ4n) is 2.37. The lowest BCUT2D eigenvalue weighted by Crippen LogP contribution is -2.50. The summed E-state index contributed by atoms with van der Waals surface area (Å²) < 4.78 is 4.80. The second-order valence-corrected chi connectivity index (χ2v) is 4.81. The van der Waals surface area contributed by atoms with Gasteiger partial charge in [0.1, 0.15) is 0 Å². The summed E-state index contributed by atoms with van der Waals surface area (Å²) in [4.78, 5) is 24.7. The molecule has 0 spiro atoms. The Kier molecular flexibility index (Phi) is 3.99. The van der Waals surface area contributed by atoms with Gasteiger partial charge in [0.05, 0.1) is 0 Å². The molecule has 1 atom stereocenters. The zero-order valence-corrected chi connectivity index (χ0v) is 10.3. The Hall–Kier alpha value is -1.10. The first-order valence-electron chi connectivity index (χ1n) is 6.33. The van der Waals surface area contributed by atoms with Crippen LogP contribution in [0, 0.1) is 0 Å². The van der Waals surface area contributed by atoms with Gasteiger partial charge in [-0.3, -0.25) is 9.59 Å². The van der Waals surface area contributed by atoms with Gasteiger partial charge in [0.25, 0.3) is 5.91 Å². The lowest BCUT2D eigenvalue weighted by atomic mass is 10.1. The maximum Gasteiger partial charge on any atom is 0.303 e. The van der Waals surface area contributed by atoms with Gasteiger partial charge in [-0.25, -0.2) is 0 Å². The highest BCUT2D eigenvalue weighted by Gasteiger charge is 2.37. The number of hydrogen-bond acceptors (Lipinski definition) is 4. The quantitative estimate of drug-likeness (QED) is 0.718. The van der Waals surface area contributed by atoms with Crippen LogP contribution in [-0.4, -0.2) is 48.6 Å². The number of ether oxygens (including phenoxy) is 1. The van der Waals surface area contributed by atoms with Gasteiger partial charge in [-0.05, 0) is 32.2 Å². The summed E-state index contributed by atoms with van der Waals surface area (Å²) in [5.74, 6) is -0.438. The molecule has 0 aromatic rings. The van der Waals surface area contributed by atoms with Crippen LogP contribution in [0.15, 0.2) is 0 Å². The molecule has 2 aliphatic rings. The van der Waals surface area contributed by atoms with E-state index in [-0.39, 0.29) is 18.6 Å². The molecule has 0 aromatic heterocycles. The van der Waals surface area contributed by atoms with Crippen LogP contribution in [0.5, 0.6) is 0 Å². The van der Waals surface area contributed by atoms with Gasteiger partial charge in [0.2, 0.25) is 0 Å². The van der Waals surface area contributed by atoms with E-state index >= 15 is 0 Å². The van der Waals surface area contributed by atoms with Crippen molar-refractivity contribution in [2.24, 2.45) is 0 Å². The summed E-state index contributed by atoms with van der Waals surface area (Å²) in [6, 6.07) is 0.655. The normalized spacial score (nSPS) is 24.2. The molecule has 5 nitrogen and oxygen atoms in total. The number of carbonyl (C=O) groups excluding carboxylic acids is 2. The largest absolute Gasteiger partial charge is 0.456 e. The van der Waals surface area contributed by atoms with Crippen LogP contribution in [0.25, 0.3) is 0 Å². The van der Waals surface area contributed by atoms with E-state index < -0.39 is 5.97 Å². The van der Waals surface area contributed by atoms with Gasteiger partial charge < -0.3 is 15.0 Å². The van der Waals surface area contributed by atoms with Crippen LogP contribution in [0.1, 0.15) is 32.6 Å². The summed E-state index contributed by atoms with van der Waals surface area (Å²) in [7, 11) is 0. The molecule has 5 heteroatoms. The van der Waals surface area contributed by atoms with Crippen molar-refractivity contribution >= 4 is 11.9 Å². The maximum atomic E-state index is 12.0. The van der Waals surface area contributed by atoms with Crippen LogP contribution in [0.2, 0.25) is 0 Å². The number of carbonyl (C=O) groups is 2. The molecule has 1 heterocycles. The molecule has 0 bridgehead atoms. The van der Waals surface area contributed by atoms with Crippen LogP contribution in [-0.2, 0) is 14.3 Å². The minimum Gasteiger partial charge on any atom is -0.456 e. The van der Waals surface area contributed by atoms with Crippen LogP contribution in [0.4, 0.5) is 0 Å². The SMILES string of the molecule is CC(=O)OCC(=O)N(C1CC1)[C@@H]1CCCNC1. The summed E-state index contributed by atoms with van der Waals surface area (Å²) in [5, 5.41) is 3.32. The van der Waals surface area contributed by atoms with E-state index in [2.05, 4.69) is 5.32 Å². The third-order valence-electron chi connectivity index (χ3n) is 3.29.